The molecule has 65 valence electrons. The van der Waals surface area contributed by atoms with E-state index in [4.69, 9.17) is 10.5 Å². The molecule has 2 heteroatoms. The molecular formula is C10H15N2. The maximum absolute atomic E-state index is 8.45. The van der Waals surface area contributed by atoms with Gasteiger partial charge in [0, 0.05) is 6.42 Å². The Balaban J connectivity index is 3.03. The van der Waals surface area contributed by atoms with Crippen LogP contribution in [-0.2, 0) is 0 Å². The van der Waals surface area contributed by atoms with Gasteiger partial charge in [-0.05, 0) is 19.8 Å². The molecule has 12 heavy (non-hydrogen) atoms. The fraction of sp³-hybridized carbons (Fsp3) is 0.700. The Morgan fingerprint density at radius 2 is 1.75 bits per heavy atom. The maximum atomic E-state index is 8.45. The molecule has 0 rings (SSSR count). The molecule has 1 radical (unpaired) electrons. The second kappa shape index (κ2) is 8.08. The normalized spacial score (nSPS) is 9.33. The molecule has 0 aliphatic rings. The van der Waals surface area contributed by atoms with Crippen molar-refractivity contribution in [1.29, 1.82) is 10.5 Å². The van der Waals surface area contributed by atoms with Crippen molar-refractivity contribution in [3.63, 3.8) is 0 Å². The first-order valence-corrected chi connectivity index (χ1v) is 4.40. The van der Waals surface area contributed by atoms with E-state index in [2.05, 4.69) is 12.1 Å². The van der Waals surface area contributed by atoms with Gasteiger partial charge in [0.05, 0.1) is 18.1 Å². The zero-order valence-corrected chi connectivity index (χ0v) is 7.64. The van der Waals surface area contributed by atoms with Crippen LogP contribution in [0.5, 0.6) is 0 Å². The summed E-state index contributed by atoms with van der Waals surface area (Å²) < 4.78 is 0. The van der Waals surface area contributed by atoms with Crippen LogP contribution >= 0.6 is 0 Å². The molecule has 0 aromatic carbocycles. The number of hydrogen-bond acceptors (Lipinski definition) is 2. The highest BCUT2D eigenvalue weighted by molar-refractivity contribution is 5.06. The molecule has 0 unspecified atom stereocenters. The lowest BCUT2D eigenvalue weighted by Gasteiger charge is -1.99. The average Bonchev–Trinajstić information content (AvgIpc) is 2.10. The third kappa shape index (κ3) is 7.09. The van der Waals surface area contributed by atoms with Crippen LogP contribution in [-0.4, -0.2) is 0 Å². The SMILES string of the molecule is C[C](C#N)CCCCCCC#N. The molecule has 0 amide bonds. The molecule has 0 saturated carbocycles. The summed E-state index contributed by atoms with van der Waals surface area (Å²) in [5.41, 5.74) is 0. The van der Waals surface area contributed by atoms with E-state index in [-0.39, 0.29) is 0 Å². The Kier molecular flexibility index (Phi) is 7.39. The standard InChI is InChI=1S/C10H15N2/c1-10(9-12)7-5-3-2-4-6-8-11/h2-7H2,1H3. The highest BCUT2D eigenvalue weighted by Gasteiger charge is 1.98. The molecule has 0 aromatic rings. The second-order valence-electron chi connectivity index (χ2n) is 2.96. The van der Waals surface area contributed by atoms with E-state index in [0.29, 0.717) is 6.42 Å². The van der Waals surface area contributed by atoms with Gasteiger partial charge in [-0.1, -0.05) is 19.3 Å². The van der Waals surface area contributed by atoms with E-state index in [0.717, 1.165) is 38.0 Å². The fourth-order valence-corrected chi connectivity index (χ4v) is 1.00. The molecule has 0 N–H and O–H groups in total. The van der Waals surface area contributed by atoms with Crippen LogP contribution in [0.4, 0.5) is 0 Å². The minimum atomic E-state index is 0.668. The van der Waals surface area contributed by atoms with E-state index in [1.165, 1.54) is 0 Å². The first-order valence-electron chi connectivity index (χ1n) is 4.40. The quantitative estimate of drug-likeness (QED) is 0.565. The van der Waals surface area contributed by atoms with Crippen molar-refractivity contribution in [2.45, 2.75) is 45.4 Å². The lowest BCUT2D eigenvalue weighted by Crippen LogP contribution is -1.87. The zero-order chi connectivity index (χ0) is 9.23. The summed E-state index contributed by atoms with van der Waals surface area (Å²) in [6, 6.07) is 4.25. The molecule has 0 saturated heterocycles. The van der Waals surface area contributed by atoms with Crippen LogP contribution in [0.3, 0.4) is 0 Å². The zero-order valence-electron chi connectivity index (χ0n) is 7.64. The van der Waals surface area contributed by atoms with Gasteiger partial charge in [-0.25, -0.2) is 0 Å². The molecule has 0 heterocycles. The van der Waals surface area contributed by atoms with Crippen LogP contribution in [0.15, 0.2) is 0 Å². The number of hydrogen-bond donors (Lipinski definition) is 0. The third-order valence-corrected chi connectivity index (χ3v) is 1.78. The fourth-order valence-electron chi connectivity index (χ4n) is 1.00. The van der Waals surface area contributed by atoms with Gasteiger partial charge in [-0.15, -0.1) is 0 Å². The van der Waals surface area contributed by atoms with Crippen LogP contribution < -0.4 is 0 Å². The summed E-state index contributed by atoms with van der Waals surface area (Å²) in [5, 5.41) is 16.7. The number of nitriles is 2. The molecule has 0 fully saturated rings. The molecular weight excluding hydrogens is 148 g/mol. The first-order chi connectivity index (χ1) is 5.81. The van der Waals surface area contributed by atoms with Crippen LogP contribution in [0, 0.1) is 28.6 Å². The molecule has 0 aromatic heterocycles. The van der Waals surface area contributed by atoms with Crippen molar-refractivity contribution in [3.05, 3.63) is 5.92 Å². The summed E-state index contributed by atoms with van der Waals surface area (Å²) in [4.78, 5) is 0. The highest BCUT2D eigenvalue weighted by Crippen LogP contribution is 2.11. The lowest BCUT2D eigenvalue weighted by molar-refractivity contribution is 0.635. The summed E-state index contributed by atoms with van der Waals surface area (Å²) in [5.74, 6) is 0.912. The van der Waals surface area contributed by atoms with E-state index in [9.17, 15) is 0 Å². The van der Waals surface area contributed by atoms with Gasteiger partial charge in [0.2, 0.25) is 0 Å². The predicted octanol–water partition coefficient (Wildman–Crippen LogP) is 2.97. The molecule has 0 aliphatic carbocycles. The molecule has 0 aliphatic heterocycles. The monoisotopic (exact) mass is 163 g/mol. The van der Waals surface area contributed by atoms with Crippen molar-refractivity contribution in [2.75, 3.05) is 0 Å². The Morgan fingerprint density at radius 3 is 2.33 bits per heavy atom. The van der Waals surface area contributed by atoms with E-state index in [1.807, 2.05) is 6.92 Å². The van der Waals surface area contributed by atoms with Gasteiger partial charge in [0.1, 0.15) is 0 Å². The minimum absolute atomic E-state index is 0.668. The van der Waals surface area contributed by atoms with Crippen LogP contribution in [0.1, 0.15) is 45.4 Å². The van der Waals surface area contributed by atoms with E-state index in [1.54, 1.807) is 0 Å². The number of rotatable bonds is 6. The smallest absolute Gasteiger partial charge is 0.0729 e. The topological polar surface area (TPSA) is 47.6 Å². The van der Waals surface area contributed by atoms with Crippen molar-refractivity contribution < 1.29 is 0 Å². The maximum Gasteiger partial charge on any atom is 0.0729 e. The number of unbranched alkanes of at least 4 members (excludes halogenated alkanes) is 4. The van der Waals surface area contributed by atoms with Crippen LogP contribution in [0.25, 0.3) is 0 Å². The van der Waals surface area contributed by atoms with Crippen molar-refractivity contribution >= 4 is 0 Å². The summed E-state index contributed by atoms with van der Waals surface area (Å²) in [6.45, 7) is 1.87. The second-order valence-corrected chi connectivity index (χ2v) is 2.96. The van der Waals surface area contributed by atoms with Crippen molar-refractivity contribution in [3.8, 4) is 12.1 Å². The van der Waals surface area contributed by atoms with Crippen LogP contribution in [0.2, 0.25) is 0 Å². The summed E-state index contributed by atoms with van der Waals surface area (Å²) >= 11 is 0. The van der Waals surface area contributed by atoms with Crippen molar-refractivity contribution in [2.24, 2.45) is 0 Å². The van der Waals surface area contributed by atoms with E-state index >= 15 is 0 Å². The van der Waals surface area contributed by atoms with Gasteiger partial charge in [0.25, 0.3) is 0 Å². The Hall–Kier alpha value is -1.02. The van der Waals surface area contributed by atoms with Gasteiger partial charge < -0.3 is 0 Å². The molecule has 2 nitrogen and oxygen atoms in total. The first kappa shape index (κ1) is 11.0. The summed E-state index contributed by atoms with van der Waals surface area (Å²) in [7, 11) is 0. The largest absolute Gasteiger partial charge is 0.198 e. The molecule has 0 spiro atoms. The van der Waals surface area contributed by atoms with Gasteiger partial charge >= 0.3 is 0 Å². The average molecular weight is 163 g/mol. The van der Waals surface area contributed by atoms with E-state index < -0.39 is 0 Å². The number of nitrogens with zero attached hydrogens (tertiary/aromatic N) is 2. The third-order valence-electron chi connectivity index (χ3n) is 1.78. The van der Waals surface area contributed by atoms with Crippen molar-refractivity contribution in [1.82, 2.24) is 0 Å². The lowest BCUT2D eigenvalue weighted by atomic mass is 10.0. The van der Waals surface area contributed by atoms with Gasteiger partial charge in [0.15, 0.2) is 0 Å². The predicted molar refractivity (Wildman–Crippen MR) is 47.8 cm³/mol. The molecule has 0 bridgehead atoms. The van der Waals surface area contributed by atoms with Gasteiger partial charge in [-0.2, -0.15) is 10.5 Å². The van der Waals surface area contributed by atoms with Gasteiger partial charge in [-0.3, -0.25) is 0 Å². The molecule has 0 atom stereocenters. The Morgan fingerprint density at radius 1 is 1.08 bits per heavy atom. The Labute approximate surface area is 74.8 Å². The Bertz CT molecular complexity index is 173. The summed E-state index contributed by atoms with van der Waals surface area (Å²) in [6.07, 6.45) is 5.93. The minimum Gasteiger partial charge on any atom is -0.198 e. The highest BCUT2D eigenvalue weighted by atomic mass is 14.3.